The number of amides is 1. The zero-order valence-corrected chi connectivity index (χ0v) is 10.4. The zero-order chi connectivity index (χ0) is 13.2. The molecule has 6 nitrogen and oxygen atoms in total. The van der Waals surface area contributed by atoms with Crippen molar-refractivity contribution in [2.24, 2.45) is 11.7 Å². The van der Waals surface area contributed by atoms with E-state index in [1.165, 1.54) is 0 Å². The van der Waals surface area contributed by atoms with Crippen LogP contribution in [0.5, 0.6) is 0 Å². The third-order valence-corrected chi connectivity index (χ3v) is 4.06. The standard InChI is InChI=1S/C12H21N3O3/c13-11(18)8-1-3-9(4-2-8)15-12(5-10(16)17)6-14-7-12/h8-9,14-15H,1-7H2,(H2,13,18)(H,16,17). The zero-order valence-electron chi connectivity index (χ0n) is 10.4. The number of carbonyl (C=O) groups excluding carboxylic acids is 1. The van der Waals surface area contributed by atoms with Gasteiger partial charge < -0.3 is 21.5 Å². The molecule has 5 N–H and O–H groups in total. The third kappa shape index (κ3) is 3.00. The molecule has 2 rings (SSSR count). The van der Waals surface area contributed by atoms with Gasteiger partial charge in [0.2, 0.25) is 5.91 Å². The Morgan fingerprint density at radius 1 is 1.28 bits per heavy atom. The van der Waals surface area contributed by atoms with Crippen molar-refractivity contribution in [2.45, 2.75) is 43.7 Å². The number of primary amides is 1. The van der Waals surface area contributed by atoms with E-state index in [1.807, 2.05) is 0 Å². The Hall–Kier alpha value is -1.14. The molecule has 1 saturated heterocycles. The third-order valence-electron chi connectivity index (χ3n) is 4.06. The summed E-state index contributed by atoms with van der Waals surface area (Å²) in [7, 11) is 0. The van der Waals surface area contributed by atoms with Crippen LogP contribution in [-0.2, 0) is 9.59 Å². The van der Waals surface area contributed by atoms with Gasteiger partial charge in [0.15, 0.2) is 0 Å². The molecular weight excluding hydrogens is 234 g/mol. The van der Waals surface area contributed by atoms with E-state index in [0.717, 1.165) is 25.7 Å². The lowest BCUT2D eigenvalue weighted by Crippen LogP contribution is -2.70. The second-order valence-corrected chi connectivity index (χ2v) is 5.55. The van der Waals surface area contributed by atoms with Crippen LogP contribution in [0.3, 0.4) is 0 Å². The highest BCUT2D eigenvalue weighted by molar-refractivity contribution is 5.76. The quantitative estimate of drug-likeness (QED) is 0.527. The summed E-state index contributed by atoms with van der Waals surface area (Å²) >= 11 is 0. The lowest BCUT2D eigenvalue weighted by Gasteiger charge is -2.46. The normalized spacial score (nSPS) is 30.4. The molecule has 1 aliphatic heterocycles. The molecule has 2 fully saturated rings. The molecule has 102 valence electrons. The van der Waals surface area contributed by atoms with Gasteiger partial charge in [-0.25, -0.2) is 0 Å². The molecule has 18 heavy (non-hydrogen) atoms. The Morgan fingerprint density at radius 3 is 2.28 bits per heavy atom. The van der Waals surface area contributed by atoms with Crippen LogP contribution in [0.25, 0.3) is 0 Å². The lowest BCUT2D eigenvalue weighted by molar-refractivity contribution is -0.139. The van der Waals surface area contributed by atoms with Gasteiger partial charge in [0.25, 0.3) is 0 Å². The SMILES string of the molecule is NC(=O)C1CCC(NC2(CC(=O)O)CNC2)CC1. The topological polar surface area (TPSA) is 104 Å². The number of rotatable bonds is 5. The van der Waals surface area contributed by atoms with Gasteiger partial charge in [0, 0.05) is 25.0 Å². The maximum Gasteiger partial charge on any atom is 0.305 e. The van der Waals surface area contributed by atoms with Crippen molar-refractivity contribution in [2.75, 3.05) is 13.1 Å². The molecular formula is C12H21N3O3. The van der Waals surface area contributed by atoms with Crippen LogP contribution in [0.15, 0.2) is 0 Å². The predicted octanol–water partition coefficient (Wildman–Crippen LogP) is -0.563. The van der Waals surface area contributed by atoms with E-state index in [0.29, 0.717) is 19.1 Å². The molecule has 1 saturated carbocycles. The van der Waals surface area contributed by atoms with Crippen molar-refractivity contribution in [3.8, 4) is 0 Å². The van der Waals surface area contributed by atoms with Crippen LogP contribution in [0.2, 0.25) is 0 Å². The number of aliphatic carboxylic acids is 1. The van der Waals surface area contributed by atoms with Gasteiger partial charge in [-0.3, -0.25) is 9.59 Å². The molecule has 0 spiro atoms. The van der Waals surface area contributed by atoms with Gasteiger partial charge in [0.1, 0.15) is 0 Å². The highest BCUT2D eigenvalue weighted by atomic mass is 16.4. The largest absolute Gasteiger partial charge is 0.481 e. The molecule has 1 amide bonds. The van der Waals surface area contributed by atoms with Crippen molar-refractivity contribution in [3.63, 3.8) is 0 Å². The van der Waals surface area contributed by atoms with Crippen LogP contribution >= 0.6 is 0 Å². The number of carbonyl (C=O) groups is 2. The molecule has 2 aliphatic rings. The summed E-state index contributed by atoms with van der Waals surface area (Å²) in [5.74, 6) is -0.980. The van der Waals surface area contributed by atoms with Gasteiger partial charge in [-0.1, -0.05) is 0 Å². The highest BCUT2D eigenvalue weighted by Crippen LogP contribution is 2.27. The molecule has 6 heteroatoms. The summed E-state index contributed by atoms with van der Waals surface area (Å²) in [6.07, 6.45) is 3.56. The van der Waals surface area contributed by atoms with Crippen molar-refractivity contribution in [1.82, 2.24) is 10.6 Å². The van der Waals surface area contributed by atoms with E-state index in [1.54, 1.807) is 0 Å². The maximum absolute atomic E-state index is 11.1. The minimum atomic E-state index is -0.769. The first-order chi connectivity index (χ1) is 8.51. The Balaban J connectivity index is 1.83. The Labute approximate surface area is 106 Å². The van der Waals surface area contributed by atoms with Crippen molar-refractivity contribution in [1.29, 1.82) is 0 Å². The Kier molecular flexibility index (Phi) is 3.87. The fourth-order valence-electron chi connectivity index (χ4n) is 2.95. The first-order valence-electron chi connectivity index (χ1n) is 6.50. The van der Waals surface area contributed by atoms with Gasteiger partial charge in [0.05, 0.1) is 12.0 Å². The second kappa shape index (κ2) is 5.24. The van der Waals surface area contributed by atoms with Crippen molar-refractivity contribution < 1.29 is 14.7 Å². The number of nitrogens with one attached hydrogen (secondary N) is 2. The summed E-state index contributed by atoms with van der Waals surface area (Å²) in [6.45, 7) is 1.41. The van der Waals surface area contributed by atoms with Crippen molar-refractivity contribution in [3.05, 3.63) is 0 Å². The van der Waals surface area contributed by atoms with Crippen LogP contribution < -0.4 is 16.4 Å². The summed E-state index contributed by atoms with van der Waals surface area (Å²) < 4.78 is 0. The number of carboxylic acid groups (broad SMARTS) is 1. The molecule has 0 aromatic rings. The monoisotopic (exact) mass is 255 g/mol. The summed E-state index contributed by atoms with van der Waals surface area (Å²) in [6, 6.07) is 0.307. The average Bonchev–Trinajstić information content (AvgIpc) is 2.26. The molecule has 0 atom stereocenters. The van der Waals surface area contributed by atoms with Gasteiger partial charge in [-0.15, -0.1) is 0 Å². The van der Waals surface area contributed by atoms with Crippen molar-refractivity contribution >= 4 is 11.9 Å². The number of carboxylic acids is 1. The van der Waals surface area contributed by atoms with E-state index >= 15 is 0 Å². The smallest absolute Gasteiger partial charge is 0.305 e. The molecule has 1 aliphatic carbocycles. The summed E-state index contributed by atoms with van der Waals surface area (Å²) in [5.41, 5.74) is 5.00. The minimum absolute atomic E-state index is 0.00186. The maximum atomic E-state index is 11.1. The van der Waals surface area contributed by atoms with Crippen LogP contribution in [-0.4, -0.2) is 41.7 Å². The average molecular weight is 255 g/mol. The van der Waals surface area contributed by atoms with E-state index in [2.05, 4.69) is 10.6 Å². The summed E-state index contributed by atoms with van der Waals surface area (Å²) in [5, 5.41) is 15.5. The van der Waals surface area contributed by atoms with E-state index in [-0.39, 0.29) is 23.8 Å². The Bertz CT molecular complexity index is 333. The molecule has 0 bridgehead atoms. The van der Waals surface area contributed by atoms with E-state index in [4.69, 9.17) is 10.8 Å². The Morgan fingerprint density at radius 2 is 1.89 bits per heavy atom. The number of nitrogens with two attached hydrogens (primary N) is 1. The molecule has 0 aromatic carbocycles. The van der Waals surface area contributed by atoms with Crippen LogP contribution in [0.4, 0.5) is 0 Å². The lowest BCUT2D eigenvalue weighted by atomic mass is 9.82. The fourth-order valence-corrected chi connectivity index (χ4v) is 2.95. The summed E-state index contributed by atoms with van der Waals surface area (Å²) in [4.78, 5) is 21.9. The van der Waals surface area contributed by atoms with E-state index in [9.17, 15) is 9.59 Å². The van der Waals surface area contributed by atoms with Gasteiger partial charge >= 0.3 is 5.97 Å². The minimum Gasteiger partial charge on any atom is -0.481 e. The molecule has 0 unspecified atom stereocenters. The predicted molar refractivity (Wildman–Crippen MR) is 65.9 cm³/mol. The number of hydrogen-bond acceptors (Lipinski definition) is 4. The first kappa shape index (κ1) is 13.3. The first-order valence-corrected chi connectivity index (χ1v) is 6.50. The van der Waals surface area contributed by atoms with E-state index < -0.39 is 5.97 Å². The molecule has 1 heterocycles. The van der Waals surface area contributed by atoms with Gasteiger partial charge in [-0.05, 0) is 25.7 Å². The van der Waals surface area contributed by atoms with Crippen LogP contribution in [0.1, 0.15) is 32.1 Å². The molecule has 0 radical (unpaired) electrons. The number of hydrogen-bond donors (Lipinski definition) is 4. The second-order valence-electron chi connectivity index (χ2n) is 5.55. The highest BCUT2D eigenvalue weighted by Gasteiger charge is 2.41. The van der Waals surface area contributed by atoms with Gasteiger partial charge in [-0.2, -0.15) is 0 Å². The van der Waals surface area contributed by atoms with Crippen LogP contribution in [0, 0.1) is 5.92 Å². The fraction of sp³-hybridized carbons (Fsp3) is 0.833. The molecule has 0 aromatic heterocycles.